The lowest BCUT2D eigenvalue weighted by Crippen LogP contribution is -2.49. The second-order valence-electron chi connectivity index (χ2n) is 4.95. The van der Waals surface area contributed by atoms with Gasteiger partial charge < -0.3 is 10.6 Å². The number of nitrogens with two attached hydrogens (primary N) is 1. The maximum absolute atomic E-state index is 6.37. The van der Waals surface area contributed by atoms with Gasteiger partial charge in [0.05, 0.1) is 0 Å². The molecule has 1 fully saturated rings. The van der Waals surface area contributed by atoms with Gasteiger partial charge in [0.2, 0.25) is 0 Å². The zero-order valence-corrected chi connectivity index (χ0v) is 10.1. The minimum Gasteiger partial charge on any atom is -0.324 e. The standard InChI is InChI=1S/C12H26N2/c1-4-11(5-2)14(3)10-12(13)8-6-7-9-12/h11H,4-10,13H2,1-3H3. The minimum absolute atomic E-state index is 0.122. The summed E-state index contributed by atoms with van der Waals surface area (Å²) in [5.41, 5.74) is 6.49. The van der Waals surface area contributed by atoms with Gasteiger partial charge in [-0.05, 0) is 32.7 Å². The van der Waals surface area contributed by atoms with Gasteiger partial charge in [-0.25, -0.2) is 0 Å². The van der Waals surface area contributed by atoms with Crippen LogP contribution in [-0.2, 0) is 0 Å². The summed E-state index contributed by atoms with van der Waals surface area (Å²) in [5, 5.41) is 0. The van der Waals surface area contributed by atoms with Crippen LogP contribution in [0.25, 0.3) is 0 Å². The molecule has 1 rings (SSSR count). The second kappa shape index (κ2) is 5.13. The molecule has 0 amide bonds. The molecule has 1 saturated carbocycles. The lowest BCUT2D eigenvalue weighted by molar-refractivity contribution is 0.179. The van der Waals surface area contributed by atoms with Crippen molar-refractivity contribution in [3.63, 3.8) is 0 Å². The van der Waals surface area contributed by atoms with Crippen LogP contribution in [0.5, 0.6) is 0 Å². The molecule has 0 radical (unpaired) electrons. The summed E-state index contributed by atoms with van der Waals surface area (Å²) in [6.45, 7) is 5.62. The fourth-order valence-corrected chi connectivity index (χ4v) is 2.78. The monoisotopic (exact) mass is 198 g/mol. The molecular formula is C12H26N2. The summed E-state index contributed by atoms with van der Waals surface area (Å²) in [6, 6.07) is 0.719. The molecule has 0 aromatic carbocycles. The molecule has 1 aliphatic carbocycles. The van der Waals surface area contributed by atoms with Gasteiger partial charge in [-0.15, -0.1) is 0 Å². The molecule has 2 nitrogen and oxygen atoms in total. The molecule has 0 aromatic rings. The van der Waals surface area contributed by atoms with Crippen LogP contribution in [0.3, 0.4) is 0 Å². The summed E-state index contributed by atoms with van der Waals surface area (Å²) in [5.74, 6) is 0. The van der Waals surface area contributed by atoms with E-state index in [1.807, 2.05) is 0 Å². The van der Waals surface area contributed by atoms with Crippen molar-refractivity contribution in [1.82, 2.24) is 4.90 Å². The van der Waals surface area contributed by atoms with E-state index < -0.39 is 0 Å². The Kier molecular flexibility index (Phi) is 4.39. The quantitative estimate of drug-likeness (QED) is 0.735. The average Bonchev–Trinajstić information content (AvgIpc) is 2.54. The maximum Gasteiger partial charge on any atom is 0.0283 e. The van der Waals surface area contributed by atoms with Gasteiger partial charge in [0, 0.05) is 18.1 Å². The van der Waals surface area contributed by atoms with Crippen molar-refractivity contribution in [2.75, 3.05) is 13.6 Å². The van der Waals surface area contributed by atoms with Gasteiger partial charge in [0.15, 0.2) is 0 Å². The van der Waals surface area contributed by atoms with Crippen LogP contribution in [0.1, 0.15) is 52.4 Å². The third-order valence-electron chi connectivity index (χ3n) is 3.73. The van der Waals surface area contributed by atoms with Crippen molar-refractivity contribution in [1.29, 1.82) is 0 Å². The number of rotatable bonds is 5. The van der Waals surface area contributed by atoms with Gasteiger partial charge in [0.1, 0.15) is 0 Å². The first-order valence-corrected chi connectivity index (χ1v) is 6.10. The third kappa shape index (κ3) is 2.96. The molecule has 0 aliphatic heterocycles. The van der Waals surface area contributed by atoms with Crippen molar-refractivity contribution in [2.24, 2.45) is 5.73 Å². The van der Waals surface area contributed by atoms with Crippen LogP contribution in [-0.4, -0.2) is 30.1 Å². The Bertz CT molecular complexity index is 158. The van der Waals surface area contributed by atoms with Gasteiger partial charge in [-0.1, -0.05) is 26.7 Å². The highest BCUT2D eigenvalue weighted by atomic mass is 15.1. The van der Waals surface area contributed by atoms with E-state index in [0.29, 0.717) is 0 Å². The Labute approximate surface area is 88.8 Å². The predicted molar refractivity (Wildman–Crippen MR) is 62.4 cm³/mol. The van der Waals surface area contributed by atoms with E-state index in [0.717, 1.165) is 12.6 Å². The Hall–Kier alpha value is -0.0800. The van der Waals surface area contributed by atoms with Crippen molar-refractivity contribution in [3.05, 3.63) is 0 Å². The number of hydrogen-bond donors (Lipinski definition) is 1. The molecule has 84 valence electrons. The summed E-state index contributed by atoms with van der Waals surface area (Å²) < 4.78 is 0. The molecule has 0 unspecified atom stereocenters. The van der Waals surface area contributed by atoms with Crippen LogP contribution in [0.4, 0.5) is 0 Å². The SMILES string of the molecule is CCC(CC)N(C)CC1(N)CCCC1. The van der Waals surface area contributed by atoms with Gasteiger partial charge in [-0.3, -0.25) is 0 Å². The van der Waals surface area contributed by atoms with Crippen molar-refractivity contribution >= 4 is 0 Å². The van der Waals surface area contributed by atoms with E-state index in [4.69, 9.17) is 5.73 Å². The summed E-state index contributed by atoms with van der Waals surface area (Å²) >= 11 is 0. The molecule has 0 bridgehead atoms. The van der Waals surface area contributed by atoms with E-state index >= 15 is 0 Å². The van der Waals surface area contributed by atoms with E-state index in [-0.39, 0.29) is 5.54 Å². The zero-order valence-electron chi connectivity index (χ0n) is 10.1. The van der Waals surface area contributed by atoms with Crippen molar-refractivity contribution < 1.29 is 0 Å². The highest BCUT2D eigenvalue weighted by Gasteiger charge is 2.31. The normalized spacial score (nSPS) is 21.0. The highest BCUT2D eigenvalue weighted by Crippen LogP contribution is 2.28. The largest absolute Gasteiger partial charge is 0.324 e. The highest BCUT2D eigenvalue weighted by molar-refractivity contribution is 4.92. The van der Waals surface area contributed by atoms with Gasteiger partial charge >= 0.3 is 0 Å². The lowest BCUT2D eigenvalue weighted by Gasteiger charge is -2.34. The van der Waals surface area contributed by atoms with E-state index in [1.165, 1.54) is 38.5 Å². The molecule has 14 heavy (non-hydrogen) atoms. The summed E-state index contributed by atoms with van der Waals surface area (Å²) in [7, 11) is 2.23. The molecule has 0 aromatic heterocycles. The van der Waals surface area contributed by atoms with Crippen LogP contribution in [0.2, 0.25) is 0 Å². The zero-order chi connectivity index (χ0) is 10.6. The first kappa shape index (κ1) is 12.0. The number of hydrogen-bond acceptors (Lipinski definition) is 2. The smallest absolute Gasteiger partial charge is 0.0283 e. The second-order valence-corrected chi connectivity index (χ2v) is 4.95. The Morgan fingerprint density at radius 3 is 2.14 bits per heavy atom. The third-order valence-corrected chi connectivity index (χ3v) is 3.73. The molecule has 0 spiro atoms. The fraction of sp³-hybridized carbons (Fsp3) is 1.00. The number of nitrogens with zero attached hydrogens (tertiary/aromatic N) is 1. The Morgan fingerprint density at radius 2 is 1.71 bits per heavy atom. The van der Waals surface area contributed by atoms with Crippen LogP contribution in [0, 0.1) is 0 Å². The Balaban J connectivity index is 2.41. The van der Waals surface area contributed by atoms with E-state index in [2.05, 4.69) is 25.8 Å². The predicted octanol–water partition coefficient (Wildman–Crippen LogP) is 2.38. The molecular weight excluding hydrogens is 172 g/mol. The van der Waals surface area contributed by atoms with Crippen molar-refractivity contribution in [3.8, 4) is 0 Å². The molecule has 2 heteroatoms. The van der Waals surface area contributed by atoms with Gasteiger partial charge in [0.25, 0.3) is 0 Å². The number of likely N-dealkylation sites (N-methyl/N-ethyl adjacent to an activating group) is 1. The van der Waals surface area contributed by atoms with Crippen molar-refractivity contribution in [2.45, 2.75) is 64.0 Å². The molecule has 1 aliphatic rings. The van der Waals surface area contributed by atoms with Crippen LogP contribution < -0.4 is 5.73 Å². The summed E-state index contributed by atoms with van der Waals surface area (Å²) in [6.07, 6.45) is 7.57. The minimum atomic E-state index is 0.122. The fourth-order valence-electron chi connectivity index (χ4n) is 2.78. The molecule has 0 saturated heterocycles. The lowest BCUT2D eigenvalue weighted by atomic mass is 9.97. The van der Waals surface area contributed by atoms with Crippen LogP contribution in [0.15, 0.2) is 0 Å². The first-order valence-electron chi connectivity index (χ1n) is 6.10. The topological polar surface area (TPSA) is 29.3 Å². The van der Waals surface area contributed by atoms with E-state index in [9.17, 15) is 0 Å². The first-order chi connectivity index (χ1) is 6.61. The molecule has 0 atom stereocenters. The van der Waals surface area contributed by atoms with Crippen LogP contribution >= 0.6 is 0 Å². The summed E-state index contributed by atoms with van der Waals surface area (Å²) in [4.78, 5) is 2.46. The maximum atomic E-state index is 6.37. The van der Waals surface area contributed by atoms with Gasteiger partial charge in [-0.2, -0.15) is 0 Å². The van der Waals surface area contributed by atoms with E-state index in [1.54, 1.807) is 0 Å². The Morgan fingerprint density at radius 1 is 1.21 bits per heavy atom. The molecule has 0 heterocycles. The average molecular weight is 198 g/mol. The molecule has 2 N–H and O–H groups in total.